The number of carbonyl (C=O) groups excluding carboxylic acids is 2. The highest BCUT2D eigenvalue weighted by molar-refractivity contribution is 7.13. The van der Waals surface area contributed by atoms with Crippen LogP contribution in [0.25, 0.3) is 0 Å². The van der Waals surface area contributed by atoms with Crippen molar-refractivity contribution >= 4 is 28.3 Å². The van der Waals surface area contributed by atoms with Crippen LogP contribution in [0.5, 0.6) is 0 Å². The van der Waals surface area contributed by atoms with Gasteiger partial charge in [-0.05, 0) is 19.1 Å². The van der Waals surface area contributed by atoms with E-state index in [1.165, 1.54) is 0 Å². The van der Waals surface area contributed by atoms with Crippen LogP contribution in [0.4, 0.5) is 5.13 Å². The zero-order chi connectivity index (χ0) is 16.9. The fourth-order valence-electron chi connectivity index (χ4n) is 2.59. The van der Waals surface area contributed by atoms with Crippen molar-refractivity contribution in [3.63, 3.8) is 0 Å². The van der Waals surface area contributed by atoms with E-state index in [2.05, 4.69) is 15.2 Å². The molecule has 1 aliphatic heterocycles. The molecule has 0 saturated carbocycles. The summed E-state index contributed by atoms with van der Waals surface area (Å²) in [6.07, 6.45) is 0. The molecule has 6 nitrogen and oxygen atoms in total. The van der Waals surface area contributed by atoms with E-state index in [1.54, 1.807) is 40.5 Å². The van der Waals surface area contributed by atoms with Crippen molar-refractivity contribution in [2.24, 2.45) is 0 Å². The number of aryl methyl sites for hydroxylation is 1. The Bertz CT molecular complexity index is 708. The third-order valence-electron chi connectivity index (χ3n) is 3.95. The minimum absolute atomic E-state index is 0.0318. The van der Waals surface area contributed by atoms with Gasteiger partial charge in [-0.15, -0.1) is 11.3 Å². The van der Waals surface area contributed by atoms with E-state index < -0.39 is 0 Å². The summed E-state index contributed by atoms with van der Waals surface area (Å²) in [5.74, 6) is -0.268. The Kier molecular flexibility index (Phi) is 5.10. The predicted molar refractivity (Wildman–Crippen MR) is 94.4 cm³/mol. The number of hydrogen-bond donors (Lipinski definition) is 1. The lowest BCUT2D eigenvalue weighted by molar-refractivity contribution is -0.130. The predicted octanol–water partition coefficient (Wildman–Crippen LogP) is 1.53. The van der Waals surface area contributed by atoms with Crippen molar-refractivity contribution in [2.45, 2.75) is 6.92 Å². The van der Waals surface area contributed by atoms with E-state index in [0.29, 0.717) is 18.7 Å². The lowest BCUT2D eigenvalue weighted by Gasteiger charge is -2.34. The van der Waals surface area contributed by atoms with Gasteiger partial charge >= 0.3 is 0 Å². The van der Waals surface area contributed by atoms with E-state index in [9.17, 15) is 9.59 Å². The van der Waals surface area contributed by atoms with E-state index >= 15 is 0 Å². The highest BCUT2D eigenvalue weighted by atomic mass is 32.1. The molecule has 1 aliphatic rings. The molecule has 0 radical (unpaired) electrons. The number of nitrogens with one attached hydrogen (secondary N) is 1. The molecule has 1 fully saturated rings. The quantitative estimate of drug-likeness (QED) is 0.913. The Balaban J connectivity index is 1.46. The maximum atomic E-state index is 12.3. The zero-order valence-corrected chi connectivity index (χ0v) is 14.4. The lowest BCUT2D eigenvalue weighted by Crippen LogP contribution is -2.51. The topological polar surface area (TPSA) is 65.5 Å². The van der Waals surface area contributed by atoms with Crippen molar-refractivity contribution in [1.82, 2.24) is 15.2 Å². The summed E-state index contributed by atoms with van der Waals surface area (Å²) in [4.78, 5) is 32.7. The van der Waals surface area contributed by atoms with Crippen LogP contribution < -0.4 is 10.2 Å². The van der Waals surface area contributed by atoms with Crippen LogP contribution >= 0.6 is 11.3 Å². The second kappa shape index (κ2) is 7.44. The molecule has 1 saturated heterocycles. The standard InChI is InChI=1S/C17H20N4O2S/c1-13-12-24-17(19-13)21-9-7-20(8-10-21)15(22)11-18-16(23)14-5-3-2-4-6-14/h2-6,12H,7-11H2,1H3,(H,18,23). The molecule has 2 aromatic rings. The summed E-state index contributed by atoms with van der Waals surface area (Å²) < 4.78 is 0. The number of nitrogens with zero attached hydrogens (tertiary/aromatic N) is 3. The number of rotatable bonds is 4. The Morgan fingerprint density at radius 2 is 1.88 bits per heavy atom. The van der Waals surface area contributed by atoms with Gasteiger partial charge in [-0.2, -0.15) is 0 Å². The fraction of sp³-hybridized carbons (Fsp3) is 0.353. The summed E-state index contributed by atoms with van der Waals surface area (Å²) in [5, 5.41) is 5.73. The summed E-state index contributed by atoms with van der Waals surface area (Å²) in [5.41, 5.74) is 1.59. The smallest absolute Gasteiger partial charge is 0.251 e. The number of amides is 2. The lowest BCUT2D eigenvalue weighted by atomic mass is 10.2. The third-order valence-corrected chi connectivity index (χ3v) is 4.97. The third kappa shape index (κ3) is 3.91. The van der Waals surface area contributed by atoms with Crippen LogP contribution in [0.2, 0.25) is 0 Å². The van der Waals surface area contributed by atoms with Crippen LogP contribution in [0, 0.1) is 6.92 Å². The first-order valence-electron chi connectivity index (χ1n) is 7.91. The van der Waals surface area contributed by atoms with E-state index in [4.69, 9.17) is 0 Å². The second-order valence-electron chi connectivity index (χ2n) is 5.69. The van der Waals surface area contributed by atoms with Crippen LogP contribution in [0.15, 0.2) is 35.7 Å². The molecule has 0 spiro atoms. The average Bonchev–Trinajstić information content (AvgIpc) is 3.06. The maximum absolute atomic E-state index is 12.3. The van der Waals surface area contributed by atoms with Gasteiger partial charge in [-0.3, -0.25) is 9.59 Å². The second-order valence-corrected chi connectivity index (χ2v) is 6.52. The van der Waals surface area contributed by atoms with Crippen molar-refractivity contribution in [2.75, 3.05) is 37.6 Å². The zero-order valence-electron chi connectivity index (χ0n) is 13.6. The van der Waals surface area contributed by atoms with Crippen LogP contribution in [0.1, 0.15) is 16.1 Å². The number of carbonyl (C=O) groups is 2. The van der Waals surface area contributed by atoms with Gasteiger partial charge in [0.1, 0.15) is 0 Å². The number of thiazole rings is 1. The molecule has 126 valence electrons. The molecule has 2 amide bonds. The van der Waals surface area contributed by atoms with Crippen molar-refractivity contribution in [1.29, 1.82) is 0 Å². The molecule has 0 bridgehead atoms. The SMILES string of the molecule is Cc1csc(N2CCN(C(=O)CNC(=O)c3ccccc3)CC2)n1. The molecular weight excluding hydrogens is 324 g/mol. The van der Waals surface area contributed by atoms with Gasteiger partial charge in [-0.1, -0.05) is 18.2 Å². The van der Waals surface area contributed by atoms with Gasteiger partial charge in [0, 0.05) is 37.1 Å². The van der Waals surface area contributed by atoms with E-state index in [-0.39, 0.29) is 18.4 Å². The van der Waals surface area contributed by atoms with Crippen LogP contribution in [0.3, 0.4) is 0 Å². The molecule has 2 heterocycles. The average molecular weight is 344 g/mol. The Labute approximate surface area is 145 Å². The molecule has 24 heavy (non-hydrogen) atoms. The number of piperazine rings is 1. The first-order valence-corrected chi connectivity index (χ1v) is 8.79. The van der Waals surface area contributed by atoms with Crippen LogP contribution in [-0.4, -0.2) is 54.4 Å². The first kappa shape index (κ1) is 16.4. The van der Waals surface area contributed by atoms with Gasteiger partial charge in [-0.25, -0.2) is 4.98 Å². The number of anilines is 1. The number of hydrogen-bond acceptors (Lipinski definition) is 5. The van der Waals surface area contributed by atoms with Gasteiger partial charge < -0.3 is 15.1 Å². The Morgan fingerprint density at radius 1 is 1.17 bits per heavy atom. The van der Waals surface area contributed by atoms with E-state index in [0.717, 1.165) is 23.9 Å². The monoisotopic (exact) mass is 344 g/mol. The first-order chi connectivity index (χ1) is 11.6. The summed E-state index contributed by atoms with van der Waals surface area (Å²) in [7, 11) is 0. The normalized spacial score (nSPS) is 14.5. The van der Waals surface area contributed by atoms with E-state index in [1.807, 2.05) is 18.4 Å². The maximum Gasteiger partial charge on any atom is 0.251 e. The Morgan fingerprint density at radius 3 is 2.50 bits per heavy atom. The largest absolute Gasteiger partial charge is 0.345 e. The molecule has 0 atom stereocenters. The van der Waals surface area contributed by atoms with Crippen molar-refractivity contribution < 1.29 is 9.59 Å². The van der Waals surface area contributed by atoms with Gasteiger partial charge in [0.05, 0.1) is 12.2 Å². The molecule has 1 aromatic carbocycles. The van der Waals surface area contributed by atoms with Crippen molar-refractivity contribution in [3.8, 4) is 0 Å². The van der Waals surface area contributed by atoms with Crippen LogP contribution in [-0.2, 0) is 4.79 Å². The van der Waals surface area contributed by atoms with Crippen molar-refractivity contribution in [3.05, 3.63) is 47.0 Å². The molecule has 0 aliphatic carbocycles. The minimum atomic E-state index is -0.221. The molecule has 1 aromatic heterocycles. The number of aromatic nitrogens is 1. The Hall–Kier alpha value is -2.41. The van der Waals surface area contributed by atoms with Gasteiger partial charge in [0.2, 0.25) is 5.91 Å². The minimum Gasteiger partial charge on any atom is -0.345 e. The molecule has 7 heteroatoms. The molecule has 1 N–H and O–H groups in total. The summed E-state index contributed by atoms with van der Waals surface area (Å²) in [6, 6.07) is 8.92. The summed E-state index contributed by atoms with van der Waals surface area (Å²) >= 11 is 1.63. The van der Waals surface area contributed by atoms with Gasteiger partial charge in [0.15, 0.2) is 5.13 Å². The fourth-order valence-corrected chi connectivity index (χ4v) is 3.45. The summed E-state index contributed by atoms with van der Waals surface area (Å²) in [6.45, 7) is 4.85. The molecule has 3 rings (SSSR count). The molecular formula is C17H20N4O2S. The highest BCUT2D eigenvalue weighted by Crippen LogP contribution is 2.21. The highest BCUT2D eigenvalue weighted by Gasteiger charge is 2.22. The molecule has 0 unspecified atom stereocenters. The van der Waals surface area contributed by atoms with Gasteiger partial charge in [0.25, 0.3) is 5.91 Å². The number of benzene rings is 1.